The first kappa shape index (κ1) is 19.1. The number of carbonyl (C=O) groups is 1. The van der Waals surface area contributed by atoms with Crippen molar-refractivity contribution in [2.24, 2.45) is 0 Å². The van der Waals surface area contributed by atoms with Crippen molar-refractivity contribution in [1.82, 2.24) is 9.88 Å². The van der Waals surface area contributed by atoms with Crippen molar-refractivity contribution in [2.75, 3.05) is 39.5 Å². The zero-order valence-electron chi connectivity index (χ0n) is 16.8. The number of rotatable bonds is 3. The zero-order valence-corrected chi connectivity index (χ0v) is 16.8. The number of nitrogens with zero attached hydrogens (tertiary/aromatic N) is 2. The number of hydrogen-bond acceptors (Lipinski definition) is 7. The van der Waals surface area contributed by atoms with Gasteiger partial charge in [-0.25, -0.2) is 0 Å². The summed E-state index contributed by atoms with van der Waals surface area (Å²) in [6, 6.07) is 9.19. The standard InChI is InChI=1S/C22H24N2O6/c1-14-5-6-15(9-23-14)30-16-12-28-19-10-24(11-20(19)29-13-16)22(25)17-3-2-4-18-21(17)27-8-7-26-18/h2-6,9,16,19-20H,7-8,10-13H2,1H3/t19-,20-/m0/s1. The summed E-state index contributed by atoms with van der Waals surface area (Å²) in [5.74, 6) is 1.72. The molecule has 158 valence electrons. The second kappa shape index (κ2) is 8.12. The average molecular weight is 412 g/mol. The maximum atomic E-state index is 13.1. The summed E-state index contributed by atoms with van der Waals surface area (Å²) in [6.45, 7) is 4.58. The van der Waals surface area contributed by atoms with Crippen LogP contribution in [0.25, 0.3) is 0 Å². The quantitative estimate of drug-likeness (QED) is 0.761. The third kappa shape index (κ3) is 3.80. The van der Waals surface area contributed by atoms with E-state index >= 15 is 0 Å². The van der Waals surface area contributed by atoms with E-state index in [1.54, 1.807) is 17.2 Å². The highest BCUT2D eigenvalue weighted by atomic mass is 16.6. The number of carbonyl (C=O) groups excluding carboxylic acids is 1. The minimum Gasteiger partial charge on any atom is -0.486 e. The molecule has 2 aromatic rings. The molecular formula is C22H24N2O6. The summed E-state index contributed by atoms with van der Waals surface area (Å²) in [5.41, 5.74) is 1.45. The number of hydrogen-bond donors (Lipinski definition) is 0. The van der Waals surface area contributed by atoms with E-state index in [9.17, 15) is 4.79 Å². The Balaban J connectivity index is 1.22. The van der Waals surface area contributed by atoms with Crippen LogP contribution in [0.2, 0.25) is 0 Å². The van der Waals surface area contributed by atoms with Crippen LogP contribution in [0.15, 0.2) is 36.5 Å². The topological polar surface area (TPSA) is 79.4 Å². The molecule has 0 N–H and O–H groups in total. The van der Waals surface area contributed by atoms with Crippen LogP contribution in [-0.2, 0) is 9.47 Å². The predicted octanol–water partition coefficient (Wildman–Crippen LogP) is 1.85. The molecule has 8 heteroatoms. The van der Waals surface area contributed by atoms with Crippen molar-refractivity contribution in [3.05, 3.63) is 47.8 Å². The summed E-state index contributed by atoms with van der Waals surface area (Å²) < 4.78 is 29.3. The molecule has 0 unspecified atom stereocenters. The van der Waals surface area contributed by atoms with Crippen LogP contribution in [0.3, 0.4) is 0 Å². The summed E-state index contributed by atoms with van der Waals surface area (Å²) in [4.78, 5) is 19.1. The van der Waals surface area contributed by atoms with E-state index in [2.05, 4.69) is 4.98 Å². The Bertz CT molecular complexity index is 902. The minimum absolute atomic E-state index is 0.101. The molecule has 2 fully saturated rings. The Labute approximate surface area is 174 Å². The molecule has 0 saturated carbocycles. The number of aryl methyl sites for hydroxylation is 1. The van der Waals surface area contributed by atoms with E-state index in [-0.39, 0.29) is 24.2 Å². The zero-order chi connectivity index (χ0) is 20.5. The second-order valence-corrected chi connectivity index (χ2v) is 7.66. The van der Waals surface area contributed by atoms with Gasteiger partial charge in [-0.05, 0) is 31.2 Å². The average Bonchev–Trinajstić information content (AvgIpc) is 3.10. The lowest BCUT2D eigenvalue weighted by molar-refractivity contribution is -0.00461. The van der Waals surface area contributed by atoms with Gasteiger partial charge in [0.05, 0.1) is 25.0 Å². The van der Waals surface area contributed by atoms with Gasteiger partial charge in [0.2, 0.25) is 0 Å². The fourth-order valence-electron chi connectivity index (χ4n) is 3.94. The van der Waals surface area contributed by atoms with Crippen LogP contribution in [-0.4, -0.2) is 73.6 Å². The third-order valence-corrected chi connectivity index (χ3v) is 5.48. The van der Waals surface area contributed by atoms with Gasteiger partial charge in [0.15, 0.2) is 11.5 Å². The first-order valence-corrected chi connectivity index (χ1v) is 10.2. The normalized spacial score (nSPS) is 23.6. The Kier molecular flexibility index (Phi) is 5.18. The summed E-state index contributed by atoms with van der Waals surface area (Å²) in [7, 11) is 0. The molecule has 0 spiro atoms. The van der Waals surface area contributed by atoms with Gasteiger partial charge in [-0.3, -0.25) is 9.78 Å². The largest absolute Gasteiger partial charge is 0.486 e. The van der Waals surface area contributed by atoms with Gasteiger partial charge in [-0.1, -0.05) is 6.07 Å². The van der Waals surface area contributed by atoms with Gasteiger partial charge in [0.25, 0.3) is 5.91 Å². The van der Waals surface area contributed by atoms with Gasteiger partial charge >= 0.3 is 0 Å². The van der Waals surface area contributed by atoms with Crippen molar-refractivity contribution in [3.8, 4) is 17.2 Å². The lowest BCUT2D eigenvalue weighted by Gasteiger charge is -2.23. The van der Waals surface area contributed by atoms with Gasteiger partial charge in [0.1, 0.15) is 37.3 Å². The van der Waals surface area contributed by atoms with Gasteiger partial charge < -0.3 is 28.6 Å². The van der Waals surface area contributed by atoms with Gasteiger partial charge in [0, 0.05) is 18.8 Å². The highest BCUT2D eigenvalue weighted by Gasteiger charge is 2.40. The maximum absolute atomic E-state index is 13.1. The second-order valence-electron chi connectivity index (χ2n) is 7.66. The Morgan fingerprint density at radius 2 is 1.83 bits per heavy atom. The van der Waals surface area contributed by atoms with E-state index in [1.165, 1.54) is 0 Å². The highest BCUT2D eigenvalue weighted by Crippen LogP contribution is 2.35. The molecule has 3 aliphatic heterocycles. The number of pyridine rings is 1. The first-order valence-electron chi connectivity index (χ1n) is 10.2. The number of para-hydroxylation sites is 1. The lowest BCUT2D eigenvalue weighted by atomic mass is 10.1. The molecule has 2 atom stereocenters. The minimum atomic E-state index is -0.212. The Morgan fingerprint density at radius 3 is 2.57 bits per heavy atom. The van der Waals surface area contributed by atoms with Crippen LogP contribution in [0.1, 0.15) is 16.1 Å². The molecule has 1 aromatic heterocycles. The number of ether oxygens (including phenoxy) is 5. The van der Waals surface area contributed by atoms with Crippen LogP contribution in [0, 0.1) is 6.92 Å². The Morgan fingerprint density at radius 1 is 1.07 bits per heavy atom. The molecule has 0 bridgehead atoms. The van der Waals surface area contributed by atoms with E-state index in [0.717, 1.165) is 5.69 Å². The molecular weight excluding hydrogens is 388 g/mol. The van der Waals surface area contributed by atoms with E-state index < -0.39 is 0 Å². The number of benzene rings is 1. The van der Waals surface area contributed by atoms with Crippen molar-refractivity contribution in [2.45, 2.75) is 25.2 Å². The van der Waals surface area contributed by atoms with Crippen molar-refractivity contribution in [3.63, 3.8) is 0 Å². The molecule has 0 radical (unpaired) electrons. The van der Waals surface area contributed by atoms with Gasteiger partial charge in [-0.15, -0.1) is 0 Å². The molecule has 5 rings (SSSR count). The Hall–Kier alpha value is -2.84. The van der Waals surface area contributed by atoms with Crippen LogP contribution >= 0.6 is 0 Å². The summed E-state index contributed by atoms with van der Waals surface area (Å²) in [5, 5.41) is 0. The molecule has 0 aliphatic carbocycles. The van der Waals surface area contributed by atoms with Crippen LogP contribution in [0.5, 0.6) is 17.2 Å². The molecule has 3 aliphatic rings. The predicted molar refractivity (Wildman–Crippen MR) is 106 cm³/mol. The lowest BCUT2D eigenvalue weighted by Crippen LogP contribution is -2.33. The molecule has 1 amide bonds. The van der Waals surface area contributed by atoms with Crippen molar-refractivity contribution in [1.29, 1.82) is 0 Å². The number of likely N-dealkylation sites (tertiary alicyclic amines) is 1. The molecule has 4 heterocycles. The highest BCUT2D eigenvalue weighted by molar-refractivity contribution is 5.98. The third-order valence-electron chi connectivity index (χ3n) is 5.48. The number of fused-ring (bicyclic) bond motifs is 2. The molecule has 8 nitrogen and oxygen atoms in total. The number of amides is 1. The maximum Gasteiger partial charge on any atom is 0.257 e. The summed E-state index contributed by atoms with van der Waals surface area (Å²) >= 11 is 0. The summed E-state index contributed by atoms with van der Waals surface area (Å²) in [6.07, 6.45) is 1.12. The van der Waals surface area contributed by atoms with Gasteiger partial charge in [-0.2, -0.15) is 0 Å². The van der Waals surface area contributed by atoms with E-state index in [4.69, 9.17) is 23.7 Å². The van der Waals surface area contributed by atoms with E-state index in [1.807, 2.05) is 31.2 Å². The molecule has 1 aromatic carbocycles. The molecule has 30 heavy (non-hydrogen) atoms. The van der Waals surface area contributed by atoms with E-state index in [0.29, 0.717) is 62.3 Å². The molecule has 2 saturated heterocycles. The fraction of sp³-hybridized carbons (Fsp3) is 0.455. The SMILES string of the molecule is Cc1ccc(OC2CO[C@H]3CN(C(=O)c4cccc5c4OCCO5)C[C@@H]3OC2)cn1. The van der Waals surface area contributed by atoms with Crippen molar-refractivity contribution >= 4 is 5.91 Å². The fourth-order valence-corrected chi connectivity index (χ4v) is 3.94. The van der Waals surface area contributed by atoms with Crippen molar-refractivity contribution < 1.29 is 28.5 Å². The first-order chi connectivity index (χ1) is 14.7. The smallest absolute Gasteiger partial charge is 0.257 e. The monoisotopic (exact) mass is 412 g/mol. The number of aromatic nitrogens is 1. The van der Waals surface area contributed by atoms with Crippen LogP contribution < -0.4 is 14.2 Å². The van der Waals surface area contributed by atoms with Crippen LogP contribution in [0.4, 0.5) is 0 Å².